The Morgan fingerprint density at radius 3 is 2.86 bits per heavy atom. The number of hydrogen-bond acceptors (Lipinski definition) is 5. The van der Waals surface area contributed by atoms with E-state index >= 15 is 0 Å². The van der Waals surface area contributed by atoms with Crippen molar-refractivity contribution >= 4 is 11.5 Å². The summed E-state index contributed by atoms with van der Waals surface area (Å²) in [6, 6.07) is 0.0165. The summed E-state index contributed by atoms with van der Waals surface area (Å²) in [6.07, 6.45) is 6.71. The summed E-state index contributed by atoms with van der Waals surface area (Å²) in [5.74, 6) is 0.455. The van der Waals surface area contributed by atoms with Crippen molar-refractivity contribution in [3.05, 3.63) is 34.5 Å². The van der Waals surface area contributed by atoms with Gasteiger partial charge in [0.25, 0.3) is 0 Å². The molecule has 1 N–H and O–H groups in total. The number of imidazole rings is 1. The monoisotopic (exact) mass is 292 g/mol. The van der Waals surface area contributed by atoms with Gasteiger partial charge in [-0.25, -0.2) is 9.67 Å². The van der Waals surface area contributed by atoms with Gasteiger partial charge in [0.2, 0.25) is 5.82 Å². The minimum Gasteiger partial charge on any atom is -0.360 e. The van der Waals surface area contributed by atoms with E-state index in [9.17, 15) is 10.1 Å². The highest BCUT2D eigenvalue weighted by molar-refractivity contribution is 5.60. The van der Waals surface area contributed by atoms with Crippen LogP contribution in [0.15, 0.2) is 18.7 Å². The normalized spacial score (nSPS) is 12.3. The Kier molecular flexibility index (Phi) is 4.56. The van der Waals surface area contributed by atoms with Gasteiger partial charge in [0.05, 0.1) is 11.3 Å². The first-order valence-corrected chi connectivity index (χ1v) is 6.95. The zero-order valence-electron chi connectivity index (χ0n) is 12.5. The van der Waals surface area contributed by atoms with E-state index in [0.717, 1.165) is 6.42 Å². The fraction of sp³-hybridized carbons (Fsp3) is 0.538. The molecule has 8 nitrogen and oxygen atoms in total. The van der Waals surface area contributed by atoms with Crippen molar-refractivity contribution in [2.75, 3.05) is 5.32 Å². The lowest BCUT2D eigenvalue weighted by molar-refractivity contribution is -0.384. The molecular weight excluding hydrogens is 272 g/mol. The largest absolute Gasteiger partial charge is 0.360 e. The van der Waals surface area contributed by atoms with Crippen LogP contribution in [0.1, 0.15) is 26.0 Å². The maximum Gasteiger partial charge on any atom is 0.334 e. The van der Waals surface area contributed by atoms with Crippen LogP contribution in [-0.4, -0.2) is 30.3 Å². The van der Waals surface area contributed by atoms with Gasteiger partial charge in [-0.1, -0.05) is 13.3 Å². The first-order chi connectivity index (χ1) is 10.0. The minimum atomic E-state index is -0.357. The topological polar surface area (TPSA) is 90.8 Å². The molecule has 0 aromatic carbocycles. The van der Waals surface area contributed by atoms with Gasteiger partial charge in [0, 0.05) is 32.0 Å². The van der Waals surface area contributed by atoms with Crippen LogP contribution in [0, 0.1) is 10.1 Å². The molecule has 0 aliphatic rings. The zero-order valence-corrected chi connectivity index (χ0v) is 12.5. The molecular formula is C13H20N6O2. The molecule has 0 amide bonds. The second-order valence-electron chi connectivity index (χ2n) is 5.08. The maximum absolute atomic E-state index is 11.3. The van der Waals surface area contributed by atoms with Crippen molar-refractivity contribution in [2.45, 2.75) is 39.3 Å². The maximum atomic E-state index is 11.3. The summed E-state index contributed by atoms with van der Waals surface area (Å²) in [5.41, 5.74) is 0.610. The number of aryl methyl sites for hydroxylation is 2. The molecule has 0 saturated heterocycles. The molecule has 0 fully saturated rings. The first kappa shape index (κ1) is 15.0. The van der Waals surface area contributed by atoms with Gasteiger partial charge in [-0.15, -0.1) is 0 Å². The van der Waals surface area contributed by atoms with E-state index in [1.165, 1.54) is 0 Å². The SMILES string of the molecule is CCCc1nn(C)c(NC(C)Cn2ccnc2)c1[N+](=O)[O-]. The predicted molar refractivity (Wildman–Crippen MR) is 79.2 cm³/mol. The second kappa shape index (κ2) is 6.38. The molecule has 0 aliphatic carbocycles. The lowest BCUT2D eigenvalue weighted by Gasteiger charge is -2.15. The summed E-state index contributed by atoms with van der Waals surface area (Å²) in [5, 5.41) is 18.8. The summed E-state index contributed by atoms with van der Waals surface area (Å²) in [7, 11) is 1.72. The van der Waals surface area contributed by atoms with E-state index in [4.69, 9.17) is 0 Å². The molecule has 0 bridgehead atoms. The Labute approximate surface area is 122 Å². The van der Waals surface area contributed by atoms with Crippen molar-refractivity contribution in [1.29, 1.82) is 0 Å². The fourth-order valence-corrected chi connectivity index (χ4v) is 2.32. The minimum absolute atomic E-state index is 0.0165. The van der Waals surface area contributed by atoms with Crippen molar-refractivity contribution in [2.24, 2.45) is 7.05 Å². The Bertz CT molecular complexity index is 604. The van der Waals surface area contributed by atoms with Crippen molar-refractivity contribution < 1.29 is 4.92 Å². The molecule has 2 rings (SSSR count). The summed E-state index contributed by atoms with van der Waals surface area (Å²) < 4.78 is 3.47. The van der Waals surface area contributed by atoms with Crippen LogP contribution < -0.4 is 5.32 Å². The molecule has 1 atom stereocenters. The van der Waals surface area contributed by atoms with Crippen LogP contribution in [0.2, 0.25) is 0 Å². The summed E-state index contributed by atoms with van der Waals surface area (Å²) in [4.78, 5) is 15.0. The van der Waals surface area contributed by atoms with Crippen molar-refractivity contribution in [3.63, 3.8) is 0 Å². The molecule has 0 radical (unpaired) electrons. The van der Waals surface area contributed by atoms with Gasteiger partial charge < -0.3 is 9.88 Å². The van der Waals surface area contributed by atoms with E-state index in [-0.39, 0.29) is 16.7 Å². The van der Waals surface area contributed by atoms with Gasteiger partial charge in [-0.05, 0) is 13.3 Å². The van der Waals surface area contributed by atoms with Crippen LogP contribution in [-0.2, 0) is 20.0 Å². The van der Waals surface area contributed by atoms with Crippen molar-refractivity contribution in [3.8, 4) is 0 Å². The molecule has 0 spiro atoms. The van der Waals surface area contributed by atoms with Crippen LogP contribution in [0.25, 0.3) is 0 Å². The lowest BCUT2D eigenvalue weighted by atomic mass is 10.2. The fourth-order valence-electron chi connectivity index (χ4n) is 2.32. The number of aromatic nitrogens is 4. The molecule has 21 heavy (non-hydrogen) atoms. The molecule has 1 unspecified atom stereocenters. The second-order valence-corrected chi connectivity index (χ2v) is 5.08. The molecule has 0 aliphatic heterocycles. The average Bonchev–Trinajstić information content (AvgIpc) is 2.99. The van der Waals surface area contributed by atoms with Crippen LogP contribution in [0.5, 0.6) is 0 Å². The lowest BCUT2D eigenvalue weighted by Crippen LogP contribution is -2.23. The van der Waals surface area contributed by atoms with Gasteiger partial charge in [0.1, 0.15) is 5.69 Å². The van der Waals surface area contributed by atoms with Gasteiger partial charge in [0.15, 0.2) is 0 Å². The molecule has 0 saturated carbocycles. The highest BCUT2D eigenvalue weighted by atomic mass is 16.6. The molecule has 114 valence electrons. The Hall–Kier alpha value is -2.38. The van der Waals surface area contributed by atoms with E-state index in [0.29, 0.717) is 24.5 Å². The number of hydrogen-bond donors (Lipinski definition) is 1. The van der Waals surface area contributed by atoms with Gasteiger partial charge in [-0.2, -0.15) is 5.10 Å². The van der Waals surface area contributed by atoms with Crippen LogP contribution >= 0.6 is 0 Å². The molecule has 8 heteroatoms. The van der Waals surface area contributed by atoms with E-state index < -0.39 is 0 Å². The molecule has 2 aromatic rings. The predicted octanol–water partition coefficient (Wildman–Crippen LogP) is 1.98. The Morgan fingerprint density at radius 1 is 1.52 bits per heavy atom. The van der Waals surface area contributed by atoms with Crippen LogP contribution in [0.3, 0.4) is 0 Å². The number of nitrogens with one attached hydrogen (secondary N) is 1. The average molecular weight is 292 g/mol. The van der Waals surface area contributed by atoms with Gasteiger partial charge in [-0.3, -0.25) is 10.1 Å². The number of rotatable bonds is 7. The highest BCUT2D eigenvalue weighted by Crippen LogP contribution is 2.29. The third-order valence-electron chi connectivity index (χ3n) is 3.19. The first-order valence-electron chi connectivity index (χ1n) is 6.95. The van der Waals surface area contributed by atoms with Crippen LogP contribution in [0.4, 0.5) is 11.5 Å². The van der Waals surface area contributed by atoms with E-state index in [2.05, 4.69) is 15.4 Å². The van der Waals surface area contributed by atoms with Crippen molar-refractivity contribution in [1.82, 2.24) is 19.3 Å². The standard InChI is InChI=1S/C13H20N6O2/c1-4-5-11-12(19(20)21)13(17(3)16-11)15-10(2)8-18-7-6-14-9-18/h6-7,9-10,15H,4-5,8H2,1-3H3. The van der Waals surface area contributed by atoms with Gasteiger partial charge >= 0.3 is 5.69 Å². The number of nitrogens with zero attached hydrogens (tertiary/aromatic N) is 5. The molecule has 2 aromatic heterocycles. The van der Waals surface area contributed by atoms with E-state index in [1.807, 2.05) is 24.6 Å². The van der Waals surface area contributed by atoms with E-state index in [1.54, 1.807) is 24.3 Å². The summed E-state index contributed by atoms with van der Waals surface area (Å²) >= 11 is 0. The number of anilines is 1. The zero-order chi connectivity index (χ0) is 15.4. The number of nitro groups is 1. The Balaban J connectivity index is 2.20. The third kappa shape index (κ3) is 3.39. The highest BCUT2D eigenvalue weighted by Gasteiger charge is 2.26. The Morgan fingerprint density at radius 2 is 2.29 bits per heavy atom. The summed E-state index contributed by atoms with van der Waals surface area (Å²) in [6.45, 7) is 4.62. The third-order valence-corrected chi connectivity index (χ3v) is 3.19. The quantitative estimate of drug-likeness (QED) is 0.622. The molecule has 2 heterocycles. The smallest absolute Gasteiger partial charge is 0.334 e.